The lowest BCUT2D eigenvalue weighted by Crippen LogP contribution is -2.09. The Morgan fingerprint density at radius 2 is 1.22 bits per heavy atom. The first-order valence-corrected chi connectivity index (χ1v) is 13.3. The van der Waals surface area contributed by atoms with Gasteiger partial charge in [0.05, 0.1) is 20.3 Å². The minimum absolute atomic E-state index is 0.0981. The van der Waals surface area contributed by atoms with Crippen molar-refractivity contribution in [3.8, 4) is 0 Å². The zero-order valence-electron chi connectivity index (χ0n) is 23.3. The van der Waals surface area contributed by atoms with Crippen LogP contribution in [0.1, 0.15) is 85.0 Å². The number of carbonyl (C=O) groups is 3. The van der Waals surface area contributed by atoms with Crippen molar-refractivity contribution in [2.45, 2.75) is 85.0 Å². The fourth-order valence-electron chi connectivity index (χ4n) is 2.45. The fourth-order valence-corrected chi connectivity index (χ4v) is 2.58. The Hall–Kier alpha value is -2.64. The number of esters is 3. The van der Waals surface area contributed by atoms with Crippen LogP contribution in [-0.4, -0.2) is 56.6 Å². The molecule has 0 aliphatic carbocycles. The number of ether oxygens (including phenoxy) is 3. The van der Waals surface area contributed by atoms with E-state index in [0.29, 0.717) is 29.1 Å². The average molecular weight is 542 g/mol. The summed E-state index contributed by atoms with van der Waals surface area (Å²) in [6.07, 6.45) is 14.2. The summed E-state index contributed by atoms with van der Waals surface area (Å²) in [4.78, 5) is 44.8. The Labute approximate surface area is 229 Å². The predicted octanol–water partition coefficient (Wildman–Crippen LogP) is 6.11. The normalized spacial score (nSPS) is 9.22. The van der Waals surface area contributed by atoms with Crippen LogP contribution < -0.4 is 0 Å². The third kappa shape index (κ3) is 31.3. The van der Waals surface area contributed by atoms with E-state index in [4.69, 9.17) is 4.74 Å². The van der Waals surface area contributed by atoms with E-state index >= 15 is 0 Å². The molecule has 212 valence electrons. The largest absolute Gasteiger partial charge is 0.466 e. The molecule has 0 aliphatic heterocycles. The molecule has 9 heteroatoms. The summed E-state index contributed by atoms with van der Waals surface area (Å²) < 4.78 is 13.9. The molecule has 37 heavy (non-hydrogen) atoms. The van der Waals surface area contributed by atoms with Crippen molar-refractivity contribution in [3.05, 3.63) is 36.5 Å². The molecule has 0 heterocycles. The van der Waals surface area contributed by atoms with Crippen molar-refractivity contribution in [2.24, 2.45) is 4.99 Å². The highest BCUT2D eigenvalue weighted by Gasteiger charge is 2.05. The molecule has 0 atom stereocenters. The number of hydrogen-bond acceptors (Lipinski definition) is 9. The van der Waals surface area contributed by atoms with Gasteiger partial charge in [-0.3, -0.25) is 0 Å². The Morgan fingerprint density at radius 3 is 1.59 bits per heavy atom. The van der Waals surface area contributed by atoms with E-state index in [1.54, 1.807) is 13.8 Å². The Morgan fingerprint density at radius 1 is 0.757 bits per heavy atom. The van der Waals surface area contributed by atoms with Crippen LogP contribution in [0.4, 0.5) is 0 Å². The van der Waals surface area contributed by atoms with Crippen molar-refractivity contribution in [2.75, 3.05) is 32.6 Å². The summed E-state index contributed by atoms with van der Waals surface area (Å²) in [7, 11) is 1.33. The van der Waals surface area contributed by atoms with Gasteiger partial charge in [0.25, 0.3) is 0 Å². The molecule has 0 aromatic rings. The third-order valence-electron chi connectivity index (χ3n) is 4.59. The van der Waals surface area contributed by atoms with E-state index in [0.717, 1.165) is 12.8 Å². The second kappa shape index (κ2) is 29.6. The van der Waals surface area contributed by atoms with Crippen molar-refractivity contribution in [3.63, 3.8) is 0 Å². The number of methoxy groups -OCH3 is 1. The highest BCUT2D eigenvalue weighted by atomic mass is 32.1. The Kier molecular flexibility index (Phi) is 31.1. The number of aliphatic imine (C=N–C) groups is 1. The van der Waals surface area contributed by atoms with Crippen molar-refractivity contribution in [1.82, 2.24) is 0 Å². The number of hydrogen-bond donors (Lipinski definition) is 1. The van der Waals surface area contributed by atoms with Crippen LogP contribution in [-0.2, 0) is 33.4 Å². The fraction of sp³-hybridized carbons (Fsp3) is 0.643. The molecule has 0 bridgehead atoms. The van der Waals surface area contributed by atoms with Crippen LogP contribution >= 0.6 is 12.6 Å². The van der Waals surface area contributed by atoms with Crippen LogP contribution in [0.2, 0.25) is 0 Å². The van der Waals surface area contributed by atoms with Gasteiger partial charge in [-0.25, -0.2) is 24.2 Å². The molecule has 0 radical (unpaired) electrons. The quantitative estimate of drug-likeness (QED) is 0.0424. The third-order valence-corrected chi connectivity index (χ3v) is 4.98. The number of carbonyl (C=O) groups excluding carboxylic acids is 4. The first-order chi connectivity index (χ1) is 17.6. The maximum absolute atomic E-state index is 11.3. The summed E-state index contributed by atoms with van der Waals surface area (Å²) in [5.74, 6) is -0.742. The second-order valence-electron chi connectivity index (χ2n) is 8.24. The highest BCUT2D eigenvalue weighted by Crippen LogP contribution is 2.10. The molecule has 8 nitrogen and oxygen atoms in total. The molecule has 0 saturated carbocycles. The van der Waals surface area contributed by atoms with Crippen LogP contribution in [0.15, 0.2) is 41.4 Å². The SMILES string of the molecule is C=C(C)C(=O)OC.C=C(C)C(=O)OCCN=C=O.C=C(CS)C(=O)OCCCCCCCCCCCC. The van der Waals surface area contributed by atoms with Gasteiger partial charge in [0.15, 0.2) is 0 Å². The summed E-state index contributed by atoms with van der Waals surface area (Å²) in [6.45, 7) is 16.5. The van der Waals surface area contributed by atoms with E-state index < -0.39 is 5.97 Å². The van der Waals surface area contributed by atoms with Crippen molar-refractivity contribution in [1.29, 1.82) is 0 Å². The molecule has 0 amide bonds. The molecule has 0 unspecified atom stereocenters. The van der Waals surface area contributed by atoms with Gasteiger partial charge in [-0.2, -0.15) is 12.6 Å². The minimum Gasteiger partial charge on any atom is -0.466 e. The van der Waals surface area contributed by atoms with Gasteiger partial charge in [-0.15, -0.1) is 0 Å². The zero-order valence-corrected chi connectivity index (χ0v) is 24.2. The predicted molar refractivity (Wildman–Crippen MR) is 151 cm³/mol. The van der Waals surface area contributed by atoms with Gasteiger partial charge in [-0.1, -0.05) is 84.4 Å². The number of isocyanates is 1. The minimum atomic E-state index is -0.467. The molecular weight excluding hydrogens is 494 g/mol. The first kappa shape index (κ1) is 38.9. The van der Waals surface area contributed by atoms with Crippen LogP contribution in [0.3, 0.4) is 0 Å². The molecule has 0 aromatic heterocycles. The lowest BCUT2D eigenvalue weighted by Gasteiger charge is -2.05. The van der Waals surface area contributed by atoms with Crippen LogP contribution in [0.5, 0.6) is 0 Å². The van der Waals surface area contributed by atoms with E-state index in [-0.39, 0.29) is 25.1 Å². The van der Waals surface area contributed by atoms with Gasteiger partial charge in [0, 0.05) is 22.5 Å². The molecule has 0 aliphatic rings. The maximum atomic E-state index is 11.3. The van der Waals surface area contributed by atoms with E-state index in [1.165, 1.54) is 64.6 Å². The monoisotopic (exact) mass is 541 g/mol. The van der Waals surface area contributed by atoms with Gasteiger partial charge in [0.2, 0.25) is 6.08 Å². The lowest BCUT2D eigenvalue weighted by atomic mass is 10.1. The first-order valence-electron chi connectivity index (χ1n) is 12.6. The molecular formula is C28H47NO7S. The van der Waals surface area contributed by atoms with E-state index in [2.05, 4.69) is 53.8 Å². The summed E-state index contributed by atoms with van der Waals surface area (Å²) >= 11 is 3.99. The van der Waals surface area contributed by atoms with E-state index in [9.17, 15) is 19.2 Å². The van der Waals surface area contributed by atoms with Crippen molar-refractivity contribution < 1.29 is 33.4 Å². The molecule has 0 saturated heterocycles. The number of unbranched alkanes of at least 4 members (excludes halogenated alkanes) is 9. The van der Waals surface area contributed by atoms with Crippen LogP contribution in [0, 0.1) is 0 Å². The van der Waals surface area contributed by atoms with Crippen LogP contribution in [0.25, 0.3) is 0 Å². The highest BCUT2D eigenvalue weighted by molar-refractivity contribution is 7.80. The number of nitrogens with zero attached hydrogens (tertiary/aromatic N) is 1. The smallest absolute Gasteiger partial charge is 0.334 e. The topological polar surface area (TPSA) is 108 Å². The summed E-state index contributed by atoms with van der Waals surface area (Å²) in [6, 6.07) is 0. The van der Waals surface area contributed by atoms with Gasteiger partial charge in [-0.05, 0) is 20.3 Å². The molecule has 0 fully saturated rings. The Bertz CT molecular complexity index is 728. The molecule has 0 spiro atoms. The summed E-state index contributed by atoms with van der Waals surface area (Å²) in [5.41, 5.74) is 1.21. The second-order valence-corrected chi connectivity index (χ2v) is 8.56. The zero-order chi connectivity index (χ0) is 28.9. The molecule has 0 aromatic carbocycles. The van der Waals surface area contributed by atoms with Crippen molar-refractivity contribution >= 4 is 36.6 Å². The lowest BCUT2D eigenvalue weighted by molar-refractivity contribution is -0.139. The Balaban J connectivity index is -0.000000539. The number of thiol groups is 1. The van der Waals surface area contributed by atoms with Gasteiger partial charge >= 0.3 is 17.9 Å². The number of rotatable bonds is 18. The van der Waals surface area contributed by atoms with Gasteiger partial charge < -0.3 is 14.2 Å². The molecule has 0 N–H and O–H groups in total. The molecule has 0 rings (SSSR count). The van der Waals surface area contributed by atoms with Gasteiger partial charge in [0.1, 0.15) is 6.61 Å². The maximum Gasteiger partial charge on any atom is 0.334 e. The average Bonchev–Trinajstić information content (AvgIpc) is 2.89. The van der Waals surface area contributed by atoms with E-state index in [1.807, 2.05) is 0 Å². The summed E-state index contributed by atoms with van der Waals surface area (Å²) in [5, 5.41) is 0. The standard InChI is InChI=1S/C16H30O2S.C7H9NO3.C5H8O2/c1-3-4-5-6-7-8-9-10-11-12-13-18-16(17)15(2)14-19;1-6(2)7(10)11-4-3-8-5-9;1-4(2)5(6)7-3/h19H,2-14H2,1H3;1,3-4H2,2H3;1H2,2-3H3.